The third-order valence-electron chi connectivity index (χ3n) is 4.08. The standard InChI is InChI=1S/C18H25N3O4S/c1-12(2)17-16(14(4)20-25-17)18(22)19-10-11-21(5)26(23,24)15-8-6-13(3)7-9-15/h6-9,12H,10-11H2,1-5H3,(H,19,22). The second kappa shape index (κ2) is 8.01. The maximum atomic E-state index is 12.5. The Balaban J connectivity index is 2.00. The molecular formula is C18H25N3O4S. The highest BCUT2D eigenvalue weighted by Crippen LogP contribution is 2.22. The van der Waals surface area contributed by atoms with Crippen LogP contribution in [0.2, 0.25) is 0 Å². The maximum absolute atomic E-state index is 12.5. The van der Waals surface area contributed by atoms with Gasteiger partial charge in [-0.3, -0.25) is 4.79 Å². The largest absolute Gasteiger partial charge is 0.360 e. The lowest BCUT2D eigenvalue weighted by atomic mass is 10.0. The molecule has 0 saturated heterocycles. The van der Waals surface area contributed by atoms with Crippen LogP contribution in [0.4, 0.5) is 0 Å². The van der Waals surface area contributed by atoms with E-state index in [-0.39, 0.29) is 29.8 Å². The quantitative estimate of drug-likeness (QED) is 0.798. The van der Waals surface area contributed by atoms with Crippen molar-refractivity contribution < 1.29 is 17.7 Å². The van der Waals surface area contributed by atoms with Gasteiger partial charge in [-0.15, -0.1) is 0 Å². The lowest BCUT2D eigenvalue weighted by Gasteiger charge is -2.17. The van der Waals surface area contributed by atoms with E-state index >= 15 is 0 Å². The van der Waals surface area contributed by atoms with Gasteiger partial charge in [0.25, 0.3) is 5.91 Å². The van der Waals surface area contributed by atoms with Crippen molar-refractivity contribution in [1.82, 2.24) is 14.8 Å². The second-order valence-corrected chi connectivity index (χ2v) is 8.60. The average molecular weight is 379 g/mol. The van der Waals surface area contributed by atoms with Gasteiger partial charge in [-0.05, 0) is 26.0 Å². The SMILES string of the molecule is Cc1ccc(S(=O)(=O)N(C)CCNC(=O)c2c(C)noc2C(C)C)cc1. The third kappa shape index (κ3) is 4.31. The molecule has 1 N–H and O–H groups in total. The van der Waals surface area contributed by atoms with Crippen LogP contribution in [0, 0.1) is 13.8 Å². The summed E-state index contributed by atoms with van der Waals surface area (Å²) in [6, 6.07) is 6.67. The number of carbonyl (C=O) groups is 1. The summed E-state index contributed by atoms with van der Waals surface area (Å²) in [6.45, 7) is 7.77. The summed E-state index contributed by atoms with van der Waals surface area (Å²) in [5, 5.41) is 6.59. The number of hydrogen-bond acceptors (Lipinski definition) is 5. The Morgan fingerprint density at radius 2 is 1.85 bits per heavy atom. The summed E-state index contributed by atoms with van der Waals surface area (Å²) in [6.07, 6.45) is 0. The van der Waals surface area contributed by atoms with Crippen LogP contribution in [0.25, 0.3) is 0 Å². The minimum Gasteiger partial charge on any atom is -0.360 e. The zero-order valence-corrected chi connectivity index (χ0v) is 16.6. The highest BCUT2D eigenvalue weighted by Gasteiger charge is 2.24. The number of amides is 1. The molecule has 1 amide bonds. The monoisotopic (exact) mass is 379 g/mol. The lowest BCUT2D eigenvalue weighted by molar-refractivity contribution is 0.0949. The van der Waals surface area contributed by atoms with Gasteiger partial charge < -0.3 is 9.84 Å². The van der Waals surface area contributed by atoms with Crippen LogP contribution in [-0.2, 0) is 10.0 Å². The molecule has 0 fully saturated rings. The molecule has 2 aromatic rings. The Bertz CT molecular complexity index is 870. The first-order chi connectivity index (χ1) is 12.1. The van der Waals surface area contributed by atoms with Gasteiger partial charge in [0.2, 0.25) is 10.0 Å². The minimum absolute atomic E-state index is 0.0292. The minimum atomic E-state index is -3.59. The molecule has 0 radical (unpaired) electrons. The van der Waals surface area contributed by atoms with Crippen molar-refractivity contribution in [2.45, 2.75) is 38.5 Å². The van der Waals surface area contributed by atoms with Crippen molar-refractivity contribution in [3.05, 3.63) is 46.8 Å². The van der Waals surface area contributed by atoms with Gasteiger partial charge in [0.1, 0.15) is 5.56 Å². The summed E-state index contributed by atoms with van der Waals surface area (Å²) in [5.41, 5.74) is 1.93. The highest BCUT2D eigenvalue weighted by molar-refractivity contribution is 7.89. The molecule has 0 aliphatic rings. The van der Waals surface area contributed by atoms with Crippen molar-refractivity contribution >= 4 is 15.9 Å². The Morgan fingerprint density at radius 3 is 2.42 bits per heavy atom. The molecule has 26 heavy (non-hydrogen) atoms. The average Bonchev–Trinajstić information content (AvgIpc) is 2.97. The zero-order valence-electron chi connectivity index (χ0n) is 15.7. The first-order valence-corrected chi connectivity index (χ1v) is 9.86. The third-order valence-corrected chi connectivity index (χ3v) is 5.95. The molecule has 0 aliphatic carbocycles. The molecule has 0 bridgehead atoms. The smallest absolute Gasteiger partial charge is 0.256 e. The maximum Gasteiger partial charge on any atom is 0.256 e. The fourth-order valence-corrected chi connectivity index (χ4v) is 3.65. The number of carbonyl (C=O) groups excluding carboxylic acids is 1. The highest BCUT2D eigenvalue weighted by atomic mass is 32.2. The van der Waals surface area contributed by atoms with Crippen LogP contribution >= 0.6 is 0 Å². The first-order valence-electron chi connectivity index (χ1n) is 8.42. The number of aromatic nitrogens is 1. The molecule has 2 rings (SSSR count). The molecule has 1 aromatic heterocycles. The number of nitrogens with zero attached hydrogens (tertiary/aromatic N) is 2. The lowest BCUT2D eigenvalue weighted by Crippen LogP contribution is -2.36. The van der Waals surface area contributed by atoms with Crippen molar-refractivity contribution in [2.75, 3.05) is 20.1 Å². The normalized spacial score (nSPS) is 12.0. The van der Waals surface area contributed by atoms with Crippen LogP contribution in [0.5, 0.6) is 0 Å². The van der Waals surface area contributed by atoms with E-state index in [0.29, 0.717) is 17.0 Å². The molecule has 0 atom stereocenters. The molecule has 0 spiro atoms. The van der Waals surface area contributed by atoms with E-state index in [2.05, 4.69) is 10.5 Å². The van der Waals surface area contributed by atoms with Gasteiger partial charge in [0.15, 0.2) is 5.76 Å². The molecule has 0 unspecified atom stereocenters. The molecule has 8 heteroatoms. The fourth-order valence-electron chi connectivity index (χ4n) is 2.48. The Labute approximate surface area is 154 Å². The van der Waals surface area contributed by atoms with E-state index in [9.17, 15) is 13.2 Å². The van der Waals surface area contributed by atoms with E-state index in [4.69, 9.17) is 4.52 Å². The van der Waals surface area contributed by atoms with Gasteiger partial charge >= 0.3 is 0 Å². The first kappa shape index (κ1) is 20.1. The molecule has 0 saturated carbocycles. The molecule has 1 aromatic carbocycles. The Hall–Kier alpha value is -2.19. The summed E-state index contributed by atoms with van der Waals surface area (Å²) in [7, 11) is -2.09. The number of benzene rings is 1. The number of hydrogen-bond donors (Lipinski definition) is 1. The number of aryl methyl sites for hydroxylation is 2. The molecular weight excluding hydrogens is 354 g/mol. The van der Waals surface area contributed by atoms with Gasteiger partial charge in [0, 0.05) is 26.1 Å². The van der Waals surface area contributed by atoms with Crippen molar-refractivity contribution in [2.24, 2.45) is 0 Å². The molecule has 142 valence electrons. The summed E-state index contributed by atoms with van der Waals surface area (Å²) in [5.74, 6) is 0.246. The van der Waals surface area contributed by atoms with E-state index in [1.54, 1.807) is 31.2 Å². The Morgan fingerprint density at radius 1 is 1.23 bits per heavy atom. The van der Waals surface area contributed by atoms with E-state index in [1.165, 1.54) is 11.4 Å². The van der Waals surface area contributed by atoms with Crippen LogP contribution in [0.1, 0.15) is 47.1 Å². The van der Waals surface area contributed by atoms with Crippen molar-refractivity contribution in [1.29, 1.82) is 0 Å². The van der Waals surface area contributed by atoms with Crippen LogP contribution in [0.15, 0.2) is 33.7 Å². The Kier molecular flexibility index (Phi) is 6.20. The van der Waals surface area contributed by atoms with Gasteiger partial charge in [-0.2, -0.15) is 4.31 Å². The van der Waals surface area contributed by atoms with Crippen LogP contribution < -0.4 is 5.32 Å². The summed E-state index contributed by atoms with van der Waals surface area (Å²) >= 11 is 0. The zero-order chi connectivity index (χ0) is 19.5. The summed E-state index contributed by atoms with van der Waals surface area (Å²) < 4.78 is 31.5. The predicted molar refractivity (Wildman–Crippen MR) is 98.7 cm³/mol. The number of sulfonamides is 1. The topological polar surface area (TPSA) is 92.5 Å². The van der Waals surface area contributed by atoms with Gasteiger partial charge in [-0.1, -0.05) is 36.7 Å². The van der Waals surface area contributed by atoms with E-state index < -0.39 is 10.0 Å². The molecule has 0 aliphatic heterocycles. The van der Waals surface area contributed by atoms with Crippen LogP contribution in [-0.4, -0.2) is 43.9 Å². The predicted octanol–water partition coefficient (Wildman–Crippen LogP) is 2.47. The van der Waals surface area contributed by atoms with Gasteiger partial charge in [-0.25, -0.2) is 8.42 Å². The summed E-state index contributed by atoms with van der Waals surface area (Å²) in [4.78, 5) is 12.6. The number of likely N-dealkylation sites (N-methyl/N-ethyl adjacent to an activating group) is 1. The van der Waals surface area contributed by atoms with Crippen molar-refractivity contribution in [3.63, 3.8) is 0 Å². The van der Waals surface area contributed by atoms with E-state index in [1.807, 2.05) is 20.8 Å². The second-order valence-electron chi connectivity index (χ2n) is 6.56. The fraction of sp³-hybridized carbons (Fsp3) is 0.444. The molecule has 1 heterocycles. The van der Waals surface area contributed by atoms with Crippen molar-refractivity contribution in [3.8, 4) is 0 Å². The number of rotatable bonds is 7. The number of nitrogens with one attached hydrogen (secondary N) is 1. The van der Waals surface area contributed by atoms with Crippen LogP contribution in [0.3, 0.4) is 0 Å². The van der Waals surface area contributed by atoms with E-state index in [0.717, 1.165) is 5.56 Å². The molecule has 7 nitrogen and oxygen atoms in total. The van der Waals surface area contributed by atoms with Gasteiger partial charge in [0.05, 0.1) is 10.6 Å².